The maximum absolute atomic E-state index is 10.3. The SMILES string of the molecule is COc1ccc(-c2cccc(C(C)C)c2O)cc1. The molecule has 0 atom stereocenters. The number of methoxy groups -OCH3 is 1. The van der Waals surface area contributed by atoms with Crippen LogP contribution in [0, 0.1) is 0 Å². The van der Waals surface area contributed by atoms with Crippen molar-refractivity contribution >= 4 is 0 Å². The number of para-hydroxylation sites is 1. The Balaban J connectivity index is 2.46. The molecule has 2 nitrogen and oxygen atoms in total. The summed E-state index contributed by atoms with van der Waals surface area (Å²) in [7, 11) is 1.64. The molecule has 0 aliphatic heterocycles. The fourth-order valence-electron chi connectivity index (χ4n) is 2.03. The van der Waals surface area contributed by atoms with Crippen molar-refractivity contribution in [3.63, 3.8) is 0 Å². The summed E-state index contributed by atoms with van der Waals surface area (Å²) in [6.45, 7) is 4.15. The van der Waals surface area contributed by atoms with E-state index in [0.29, 0.717) is 11.7 Å². The molecule has 18 heavy (non-hydrogen) atoms. The van der Waals surface area contributed by atoms with E-state index in [0.717, 1.165) is 22.4 Å². The summed E-state index contributed by atoms with van der Waals surface area (Å²) in [5, 5.41) is 10.3. The normalized spacial score (nSPS) is 10.7. The molecule has 0 radical (unpaired) electrons. The lowest BCUT2D eigenvalue weighted by Crippen LogP contribution is -1.90. The van der Waals surface area contributed by atoms with Gasteiger partial charge >= 0.3 is 0 Å². The van der Waals surface area contributed by atoms with Gasteiger partial charge < -0.3 is 9.84 Å². The lowest BCUT2D eigenvalue weighted by Gasteiger charge is -2.12. The van der Waals surface area contributed by atoms with Gasteiger partial charge in [0.15, 0.2) is 0 Å². The zero-order chi connectivity index (χ0) is 13.1. The number of phenols is 1. The maximum Gasteiger partial charge on any atom is 0.126 e. The zero-order valence-corrected chi connectivity index (χ0v) is 11.0. The Bertz CT molecular complexity index is 527. The molecular formula is C16H18O2. The third-order valence-electron chi connectivity index (χ3n) is 3.09. The summed E-state index contributed by atoms with van der Waals surface area (Å²) in [4.78, 5) is 0. The van der Waals surface area contributed by atoms with Crippen molar-refractivity contribution < 1.29 is 9.84 Å². The van der Waals surface area contributed by atoms with Gasteiger partial charge in [-0.25, -0.2) is 0 Å². The van der Waals surface area contributed by atoms with Crippen LogP contribution in [0.4, 0.5) is 0 Å². The lowest BCUT2D eigenvalue weighted by atomic mass is 9.96. The molecule has 0 unspecified atom stereocenters. The quantitative estimate of drug-likeness (QED) is 0.874. The van der Waals surface area contributed by atoms with Crippen LogP contribution < -0.4 is 4.74 Å². The van der Waals surface area contributed by atoms with E-state index in [2.05, 4.69) is 13.8 Å². The number of benzene rings is 2. The van der Waals surface area contributed by atoms with Crippen LogP contribution in [0.1, 0.15) is 25.3 Å². The van der Waals surface area contributed by atoms with Gasteiger partial charge in [0, 0.05) is 5.56 Å². The Morgan fingerprint density at radius 2 is 1.67 bits per heavy atom. The van der Waals surface area contributed by atoms with Crippen LogP contribution in [-0.2, 0) is 0 Å². The Hall–Kier alpha value is -1.96. The molecular weight excluding hydrogens is 224 g/mol. The monoisotopic (exact) mass is 242 g/mol. The Morgan fingerprint density at radius 3 is 2.22 bits per heavy atom. The molecule has 0 heterocycles. The van der Waals surface area contributed by atoms with Crippen LogP contribution in [0.25, 0.3) is 11.1 Å². The maximum atomic E-state index is 10.3. The fraction of sp³-hybridized carbons (Fsp3) is 0.250. The van der Waals surface area contributed by atoms with Crippen molar-refractivity contribution in [3.8, 4) is 22.6 Å². The van der Waals surface area contributed by atoms with Crippen molar-refractivity contribution in [1.29, 1.82) is 0 Å². The number of aromatic hydroxyl groups is 1. The van der Waals surface area contributed by atoms with E-state index >= 15 is 0 Å². The molecule has 0 aliphatic carbocycles. The first-order valence-corrected chi connectivity index (χ1v) is 6.09. The molecule has 2 rings (SSSR count). The largest absolute Gasteiger partial charge is 0.507 e. The Labute approximate surface area is 108 Å². The fourth-order valence-corrected chi connectivity index (χ4v) is 2.03. The third kappa shape index (κ3) is 2.33. The van der Waals surface area contributed by atoms with Gasteiger partial charge in [0.1, 0.15) is 11.5 Å². The number of ether oxygens (including phenoxy) is 1. The van der Waals surface area contributed by atoms with Crippen molar-refractivity contribution in [1.82, 2.24) is 0 Å². The van der Waals surface area contributed by atoms with Gasteiger partial charge in [-0.05, 0) is 29.2 Å². The minimum Gasteiger partial charge on any atom is -0.507 e. The van der Waals surface area contributed by atoms with Gasteiger partial charge in [-0.2, -0.15) is 0 Å². The van der Waals surface area contributed by atoms with Crippen molar-refractivity contribution in [2.24, 2.45) is 0 Å². The summed E-state index contributed by atoms with van der Waals surface area (Å²) in [6, 6.07) is 13.6. The second-order valence-electron chi connectivity index (χ2n) is 4.63. The zero-order valence-electron chi connectivity index (χ0n) is 11.0. The molecule has 2 aromatic carbocycles. The molecule has 0 fully saturated rings. The minimum atomic E-state index is 0.309. The first-order valence-electron chi connectivity index (χ1n) is 6.09. The van der Waals surface area contributed by atoms with Crippen molar-refractivity contribution in [2.75, 3.05) is 7.11 Å². The average molecular weight is 242 g/mol. The van der Waals surface area contributed by atoms with Crippen LogP contribution in [0.15, 0.2) is 42.5 Å². The average Bonchev–Trinajstić information content (AvgIpc) is 2.39. The van der Waals surface area contributed by atoms with Crippen LogP contribution in [0.2, 0.25) is 0 Å². The molecule has 0 aliphatic rings. The van der Waals surface area contributed by atoms with Gasteiger partial charge in [0.2, 0.25) is 0 Å². The first kappa shape index (κ1) is 12.5. The van der Waals surface area contributed by atoms with Gasteiger partial charge in [-0.3, -0.25) is 0 Å². The highest BCUT2D eigenvalue weighted by atomic mass is 16.5. The molecule has 2 heteroatoms. The topological polar surface area (TPSA) is 29.5 Å². The van der Waals surface area contributed by atoms with E-state index in [1.54, 1.807) is 7.11 Å². The molecule has 0 bridgehead atoms. The molecule has 0 spiro atoms. The highest BCUT2D eigenvalue weighted by molar-refractivity contribution is 5.72. The van der Waals surface area contributed by atoms with Crippen LogP contribution >= 0.6 is 0 Å². The molecule has 1 N–H and O–H groups in total. The van der Waals surface area contributed by atoms with Gasteiger partial charge in [-0.15, -0.1) is 0 Å². The third-order valence-corrected chi connectivity index (χ3v) is 3.09. The first-order chi connectivity index (χ1) is 8.63. The molecule has 0 aromatic heterocycles. The van der Waals surface area contributed by atoms with E-state index in [1.165, 1.54) is 0 Å². The summed E-state index contributed by atoms with van der Waals surface area (Å²) in [6.07, 6.45) is 0. The van der Waals surface area contributed by atoms with Crippen LogP contribution in [0.3, 0.4) is 0 Å². The minimum absolute atomic E-state index is 0.309. The highest BCUT2D eigenvalue weighted by Gasteiger charge is 2.11. The van der Waals surface area contributed by atoms with Gasteiger partial charge in [-0.1, -0.05) is 44.2 Å². The number of rotatable bonds is 3. The summed E-state index contributed by atoms with van der Waals surface area (Å²) < 4.78 is 5.13. The molecule has 0 saturated carbocycles. The van der Waals surface area contributed by atoms with E-state index in [9.17, 15) is 5.11 Å². The Kier molecular flexibility index (Phi) is 3.56. The standard InChI is InChI=1S/C16H18O2/c1-11(2)14-5-4-6-15(16(14)17)12-7-9-13(18-3)10-8-12/h4-11,17H,1-3H3. The van der Waals surface area contributed by atoms with Crippen LogP contribution in [0.5, 0.6) is 11.5 Å². The Morgan fingerprint density at radius 1 is 1.00 bits per heavy atom. The number of hydrogen-bond acceptors (Lipinski definition) is 2. The van der Waals surface area contributed by atoms with Crippen LogP contribution in [-0.4, -0.2) is 12.2 Å². The summed E-state index contributed by atoms with van der Waals surface area (Å²) in [5.41, 5.74) is 2.84. The number of phenolic OH excluding ortho intramolecular Hbond substituents is 1. The summed E-state index contributed by atoms with van der Waals surface area (Å²) in [5.74, 6) is 1.50. The molecule has 0 saturated heterocycles. The predicted octanol–water partition coefficient (Wildman–Crippen LogP) is 4.19. The molecule has 2 aromatic rings. The highest BCUT2D eigenvalue weighted by Crippen LogP contribution is 2.36. The van der Waals surface area contributed by atoms with Crippen molar-refractivity contribution in [3.05, 3.63) is 48.0 Å². The number of hydrogen-bond donors (Lipinski definition) is 1. The molecule has 94 valence electrons. The van der Waals surface area contributed by atoms with Gasteiger partial charge in [0.25, 0.3) is 0 Å². The lowest BCUT2D eigenvalue weighted by molar-refractivity contribution is 0.415. The van der Waals surface area contributed by atoms with E-state index < -0.39 is 0 Å². The van der Waals surface area contributed by atoms with E-state index in [-0.39, 0.29) is 0 Å². The molecule has 0 amide bonds. The predicted molar refractivity (Wildman–Crippen MR) is 74.2 cm³/mol. The second-order valence-corrected chi connectivity index (χ2v) is 4.63. The smallest absolute Gasteiger partial charge is 0.126 e. The summed E-state index contributed by atoms with van der Waals surface area (Å²) >= 11 is 0. The second kappa shape index (κ2) is 5.13. The van der Waals surface area contributed by atoms with E-state index in [4.69, 9.17) is 4.74 Å². The van der Waals surface area contributed by atoms with Gasteiger partial charge in [0.05, 0.1) is 7.11 Å². The van der Waals surface area contributed by atoms with Crippen molar-refractivity contribution in [2.45, 2.75) is 19.8 Å². The van der Waals surface area contributed by atoms with E-state index in [1.807, 2.05) is 42.5 Å².